The highest BCUT2D eigenvalue weighted by Crippen LogP contribution is 2.31. The second kappa shape index (κ2) is 6.44. The Morgan fingerprint density at radius 2 is 2.00 bits per heavy atom. The van der Waals surface area contributed by atoms with Crippen molar-refractivity contribution in [1.82, 2.24) is 14.9 Å². The summed E-state index contributed by atoms with van der Waals surface area (Å²) in [4.78, 5) is 0. The lowest BCUT2D eigenvalue weighted by Crippen LogP contribution is -2.13. The van der Waals surface area contributed by atoms with Crippen molar-refractivity contribution in [3.8, 4) is 11.5 Å². The Morgan fingerprint density at radius 3 is 2.57 bits per heavy atom. The highest BCUT2D eigenvalue weighted by Gasteiger charge is 2.08. The zero-order chi connectivity index (χ0) is 15.4. The van der Waals surface area contributed by atoms with Gasteiger partial charge in [0.2, 0.25) is 0 Å². The molecule has 0 radical (unpaired) electrons. The lowest BCUT2D eigenvalue weighted by Gasteiger charge is -2.09. The summed E-state index contributed by atoms with van der Waals surface area (Å²) in [6.07, 6.45) is 1.58. The Kier molecular flexibility index (Phi) is 4.63. The maximum atomic E-state index is 5.71. The summed E-state index contributed by atoms with van der Waals surface area (Å²) >= 11 is 3.40. The molecule has 0 aliphatic carbocycles. The Bertz CT molecular complexity index is 670. The van der Waals surface area contributed by atoms with Gasteiger partial charge >= 0.3 is 0 Å². The number of methoxy groups -OCH3 is 2. The number of nitrogen functional groups attached to an aromatic ring is 1. The number of hydrogen-bond acceptors (Lipinski definition) is 7. The number of ether oxygens (including phenoxy) is 2. The first-order chi connectivity index (χ1) is 10.1. The van der Waals surface area contributed by atoms with E-state index in [2.05, 4.69) is 36.7 Å². The van der Waals surface area contributed by atoms with Gasteiger partial charge in [-0.05, 0) is 35.0 Å². The van der Waals surface area contributed by atoms with E-state index >= 15 is 0 Å². The number of anilines is 1. The lowest BCUT2D eigenvalue weighted by atomic mass is 10.2. The quantitative estimate of drug-likeness (QED) is 0.479. The molecule has 0 saturated heterocycles. The van der Waals surface area contributed by atoms with Crippen LogP contribution in [0.1, 0.15) is 11.4 Å². The molecule has 0 bridgehead atoms. The van der Waals surface area contributed by atoms with Crippen molar-refractivity contribution in [3.05, 3.63) is 28.0 Å². The topological polar surface area (TPSA) is 99.6 Å². The van der Waals surface area contributed by atoms with Crippen molar-refractivity contribution >= 4 is 28.1 Å². The minimum absolute atomic E-state index is 0.340. The molecule has 3 N–H and O–H groups in total. The van der Waals surface area contributed by atoms with Crippen LogP contribution in [0.2, 0.25) is 0 Å². The second-order valence-corrected chi connectivity index (χ2v) is 4.89. The molecule has 0 aliphatic heterocycles. The molecule has 2 rings (SSSR count). The van der Waals surface area contributed by atoms with E-state index in [1.165, 1.54) is 4.68 Å². The fourth-order valence-electron chi connectivity index (χ4n) is 1.59. The molecule has 0 unspecified atom stereocenters. The van der Waals surface area contributed by atoms with Crippen LogP contribution in [-0.4, -0.2) is 35.3 Å². The van der Waals surface area contributed by atoms with Crippen molar-refractivity contribution in [2.24, 2.45) is 5.10 Å². The standard InChI is InChI=1S/C12H15BrN6O2/c1-7-16-18-12(19(7)14)17-15-6-8-4-11(21-3)9(13)5-10(8)20-2/h4-6H,14H2,1-3H3,(H,17,18)/b15-6-. The molecule has 9 heteroatoms. The van der Waals surface area contributed by atoms with Gasteiger partial charge in [-0.2, -0.15) is 5.10 Å². The third-order valence-electron chi connectivity index (χ3n) is 2.74. The van der Waals surface area contributed by atoms with Gasteiger partial charge in [-0.15, -0.1) is 10.2 Å². The Morgan fingerprint density at radius 1 is 1.29 bits per heavy atom. The SMILES string of the molecule is COc1cc(/C=N\Nc2nnc(C)n2N)c(OC)cc1Br. The molecule has 0 atom stereocenters. The van der Waals surface area contributed by atoms with E-state index in [1.54, 1.807) is 39.5 Å². The first kappa shape index (κ1) is 15.1. The van der Waals surface area contributed by atoms with Gasteiger partial charge in [0.25, 0.3) is 5.95 Å². The molecule has 0 saturated carbocycles. The lowest BCUT2D eigenvalue weighted by molar-refractivity contribution is 0.400. The number of hydrazone groups is 1. The van der Waals surface area contributed by atoms with Crippen LogP contribution in [0, 0.1) is 6.92 Å². The molecule has 2 aromatic rings. The average Bonchev–Trinajstić information content (AvgIpc) is 2.80. The predicted molar refractivity (Wildman–Crippen MR) is 83.4 cm³/mol. The molecule has 112 valence electrons. The molecule has 1 aromatic heterocycles. The van der Waals surface area contributed by atoms with E-state index in [4.69, 9.17) is 15.3 Å². The van der Waals surface area contributed by atoms with E-state index in [0.29, 0.717) is 23.3 Å². The van der Waals surface area contributed by atoms with Gasteiger partial charge in [0, 0.05) is 5.56 Å². The zero-order valence-electron chi connectivity index (χ0n) is 11.8. The first-order valence-corrected chi connectivity index (χ1v) is 6.73. The van der Waals surface area contributed by atoms with Crippen LogP contribution in [0.15, 0.2) is 21.7 Å². The molecule has 8 nitrogen and oxygen atoms in total. The van der Waals surface area contributed by atoms with Crippen molar-refractivity contribution < 1.29 is 9.47 Å². The number of aryl methyl sites for hydroxylation is 1. The molecule has 0 fully saturated rings. The number of hydrogen-bond donors (Lipinski definition) is 2. The maximum Gasteiger partial charge on any atom is 0.263 e. The third-order valence-corrected chi connectivity index (χ3v) is 3.36. The van der Waals surface area contributed by atoms with Crippen LogP contribution in [0.25, 0.3) is 0 Å². The number of aromatic nitrogens is 3. The number of nitrogens with two attached hydrogens (primary N) is 1. The molecule has 21 heavy (non-hydrogen) atoms. The Balaban J connectivity index is 2.22. The Hall–Kier alpha value is -2.29. The molecular weight excluding hydrogens is 340 g/mol. The summed E-state index contributed by atoms with van der Waals surface area (Å²) in [6, 6.07) is 3.60. The smallest absolute Gasteiger partial charge is 0.263 e. The van der Waals surface area contributed by atoms with Crippen LogP contribution in [0.5, 0.6) is 11.5 Å². The van der Waals surface area contributed by atoms with E-state index in [0.717, 1.165) is 10.0 Å². The van der Waals surface area contributed by atoms with Crippen LogP contribution >= 0.6 is 15.9 Å². The summed E-state index contributed by atoms with van der Waals surface area (Å²) in [6.45, 7) is 1.74. The number of nitrogens with zero attached hydrogens (tertiary/aromatic N) is 4. The fourth-order valence-corrected chi connectivity index (χ4v) is 2.07. The number of halogens is 1. The number of benzene rings is 1. The molecule has 0 spiro atoms. The van der Waals surface area contributed by atoms with E-state index in [9.17, 15) is 0 Å². The average molecular weight is 355 g/mol. The van der Waals surface area contributed by atoms with Gasteiger partial charge < -0.3 is 15.3 Å². The van der Waals surface area contributed by atoms with Gasteiger partial charge in [-0.3, -0.25) is 0 Å². The summed E-state index contributed by atoms with van der Waals surface area (Å²) in [5.41, 5.74) is 3.45. The summed E-state index contributed by atoms with van der Waals surface area (Å²) in [7, 11) is 3.17. The van der Waals surface area contributed by atoms with Crippen molar-refractivity contribution in [1.29, 1.82) is 0 Å². The van der Waals surface area contributed by atoms with Gasteiger partial charge in [0.15, 0.2) is 5.82 Å². The summed E-state index contributed by atoms with van der Waals surface area (Å²) in [5, 5.41) is 11.7. The number of rotatable bonds is 5. The van der Waals surface area contributed by atoms with E-state index < -0.39 is 0 Å². The van der Waals surface area contributed by atoms with E-state index in [1.807, 2.05) is 0 Å². The maximum absolute atomic E-state index is 5.71. The van der Waals surface area contributed by atoms with Crippen LogP contribution < -0.4 is 20.7 Å². The minimum atomic E-state index is 0.340. The van der Waals surface area contributed by atoms with Gasteiger partial charge in [0.05, 0.1) is 24.9 Å². The molecule has 1 aromatic carbocycles. The van der Waals surface area contributed by atoms with Crippen molar-refractivity contribution in [2.45, 2.75) is 6.92 Å². The third kappa shape index (κ3) is 3.24. The van der Waals surface area contributed by atoms with Crippen molar-refractivity contribution in [3.63, 3.8) is 0 Å². The highest BCUT2D eigenvalue weighted by molar-refractivity contribution is 9.10. The monoisotopic (exact) mass is 354 g/mol. The summed E-state index contributed by atoms with van der Waals surface area (Å²) in [5.74, 6) is 7.95. The number of nitrogens with one attached hydrogen (secondary N) is 1. The second-order valence-electron chi connectivity index (χ2n) is 4.04. The zero-order valence-corrected chi connectivity index (χ0v) is 13.4. The van der Waals surface area contributed by atoms with Crippen LogP contribution in [0.3, 0.4) is 0 Å². The fraction of sp³-hybridized carbons (Fsp3) is 0.250. The molecule has 1 heterocycles. The van der Waals surface area contributed by atoms with Crippen LogP contribution in [0.4, 0.5) is 5.95 Å². The molecule has 0 amide bonds. The van der Waals surface area contributed by atoms with E-state index in [-0.39, 0.29) is 0 Å². The first-order valence-electron chi connectivity index (χ1n) is 5.94. The van der Waals surface area contributed by atoms with Gasteiger partial charge in [-0.1, -0.05) is 0 Å². The molecular formula is C12H15BrN6O2. The summed E-state index contributed by atoms with van der Waals surface area (Å²) < 4.78 is 12.6. The van der Waals surface area contributed by atoms with Gasteiger partial charge in [-0.25, -0.2) is 10.1 Å². The highest BCUT2D eigenvalue weighted by atomic mass is 79.9. The van der Waals surface area contributed by atoms with Crippen LogP contribution in [-0.2, 0) is 0 Å². The Labute approximate surface area is 130 Å². The molecule has 0 aliphatic rings. The normalized spacial score (nSPS) is 10.9. The largest absolute Gasteiger partial charge is 0.496 e. The minimum Gasteiger partial charge on any atom is -0.496 e. The van der Waals surface area contributed by atoms with Gasteiger partial charge in [0.1, 0.15) is 11.5 Å². The predicted octanol–water partition coefficient (Wildman–Crippen LogP) is 1.53. The van der Waals surface area contributed by atoms with Crippen molar-refractivity contribution in [2.75, 3.05) is 25.5 Å².